The lowest BCUT2D eigenvalue weighted by atomic mass is 9.85. The second-order valence-corrected chi connectivity index (χ2v) is 24.1. The zero-order chi connectivity index (χ0) is 59.0. The van der Waals surface area contributed by atoms with Crippen LogP contribution in [0.25, 0.3) is 197 Å². The first kappa shape index (κ1) is 50.3. The van der Waals surface area contributed by atoms with Gasteiger partial charge in [0.05, 0.1) is 0 Å². The Morgan fingerprint density at radius 3 is 0.967 bits per heavy atom. The van der Waals surface area contributed by atoms with Crippen LogP contribution < -0.4 is 0 Å². The summed E-state index contributed by atoms with van der Waals surface area (Å²) in [4.78, 5) is 0. The zero-order valence-corrected chi connectivity index (χ0v) is 48.8. The Labute approximate surface area is 518 Å². The number of benzene rings is 17. The largest absolute Gasteiger partial charge is 0.455 e. The lowest BCUT2D eigenvalue weighted by Crippen LogP contribution is -1.91. The van der Waals surface area contributed by atoms with Gasteiger partial charge in [0.1, 0.15) is 22.3 Å². The fraction of sp³-hybridized carbons (Fsp3) is 0. The SMILES string of the molecule is c1cc(-c2ccc3ccccc3c2)cc(-c2c3ccccc3c(-c3ccc4oc5c6cc(-c7ccc(-c8ccc(-c9c%10ccccc%10c(-c%10ccc%11oc%12c%13ccccc%13ccc%12c%11c%10)c%10ccccc9%10)cc8)cc7)ccc6ccc5c4c3)c3ccccc23)c1. The van der Waals surface area contributed by atoms with Crippen molar-refractivity contribution in [2.24, 2.45) is 0 Å². The van der Waals surface area contributed by atoms with Crippen LogP contribution in [0.15, 0.2) is 324 Å². The Bertz CT molecular complexity index is 6080. The van der Waals surface area contributed by atoms with E-state index in [1.165, 1.54) is 120 Å². The van der Waals surface area contributed by atoms with E-state index < -0.39 is 0 Å². The Morgan fingerprint density at radius 1 is 0.144 bits per heavy atom. The van der Waals surface area contributed by atoms with Gasteiger partial charge in [0.25, 0.3) is 0 Å². The van der Waals surface area contributed by atoms with Gasteiger partial charge in [0.2, 0.25) is 0 Å². The summed E-state index contributed by atoms with van der Waals surface area (Å²) >= 11 is 0. The predicted molar refractivity (Wildman–Crippen MR) is 382 cm³/mol. The van der Waals surface area contributed by atoms with Gasteiger partial charge in [0, 0.05) is 32.3 Å². The van der Waals surface area contributed by atoms with Gasteiger partial charge in [-0.05, 0) is 197 Å². The van der Waals surface area contributed by atoms with Crippen LogP contribution in [0.2, 0.25) is 0 Å². The first-order valence-corrected chi connectivity index (χ1v) is 31.0. The number of furan rings is 2. The van der Waals surface area contributed by atoms with Gasteiger partial charge in [-0.25, -0.2) is 0 Å². The smallest absolute Gasteiger partial charge is 0.143 e. The molecule has 19 rings (SSSR count). The highest BCUT2D eigenvalue weighted by Crippen LogP contribution is 2.49. The normalized spacial score (nSPS) is 12.0. The highest BCUT2D eigenvalue weighted by molar-refractivity contribution is 6.25. The summed E-state index contributed by atoms with van der Waals surface area (Å²) in [7, 11) is 0. The Balaban J connectivity index is 0.647. The van der Waals surface area contributed by atoms with E-state index in [2.05, 4.69) is 315 Å². The molecule has 416 valence electrons. The molecule has 0 aliphatic carbocycles. The predicted octanol–water partition coefficient (Wildman–Crippen LogP) is 25.2. The second kappa shape index (κ2) is 19.8. The summed E-state index contributed by atoms with van der Waals surface area (Å²) in [5.74, 6) is 0. The van der Waals surface area contributed by atoms with Gasteiger partial charge in [-0.1, -0.05) is 261 Å². The maximum Gasteiger partial charge on any atom is 0.143 e. The van der Waals surface area contributed by atoms with Crippen molar-refractivity contribution in [2.75, 3.05) is 0 Å². The van der Waals surface area contributed by atoms with Crippen LogP contribution in [-0.4, -0.2) is 0 Å². The van der Waals surface area contributed by atoms with Crippen LogP contribution in [-0.2, 0) is 0 Å². The van der Waals surface area contributed by atoms with Crippen LogP contribution in [0.1, 0.15) is 0 Å². The molecule has 0 amide bonds. The van der Waals surface area contributed by atoms with Crippen molar-refractivity contribution in [3.05, 3.63) is 315 Å². The van der Waals surface area contributed by atoms with Crippen LogP contribution >= 0.6 is 0 Å². The number of hydrogen-bond donors (Lipinski definition) is 0. The molecule has 2 heteroatoms. The molecule has 0 spiro atoms. The van der Waals surface area contributed by atoms with Gasteiger partial charge < -0.3 is 8.83 Å². The molecule has 0 saturated carbocycles. The van der Waals surface area contributed by atoms with Crippen LogP contribution in [0.4, 0.5) is 0 Å². The molecule has 2 heterocycles. The maximum absolute atomic E-state index is 6.89. The van der Waals surface area contributed by atoms with Gasteiger partial charge in [-0.3, -0.25) is 0 Å². The van der Waals surface area contributed by atoms with Gasteiger partial charge in [-0.2, -0.15) is 0 Å². The van der Waals surface area contributed by atoms with Crippen LogP contribution in [0.3, 0.4) is 0 Å². The first-order chi connectivity index (χ1) is 44.6. The Morgan fingerprint density at radius 2 is 0.456 bits per heavy atom. The minimum absolute atomic E-state index is 0.878. The molecule has 0 aliphatic heterocycles. The fourth-order valence-electron chi connectivity index (χ4n) is 15.0. The molecule has 0 atom stereocenters. The summed E-state index contributed by atoms with van der Waals surface area (Å²) < 4.78 is 13.5. The van der Waals surface area contributed by atoms with Crippen LogP contribution in [0.5, 0.6) is 0 Å². The number of fused-ring (bicyclic) bond motifs is 15. The number of rotatable bonds is 7. The quantitative estimate of drug-likeness (QED) is 0.149. The highest BCUT2D eigenvalue weighted by atomic mass is 16.3. The highest BCUT2D eigenvalue weighted by Gasteiger charge is 2.22. The standard InChI is InChI=1S/C88H52O2/c1-2-16-60-48-62(38-34-53(60)14-1)61-17-13-18-64(49-61)84-72-24-9-11-26-74(72)86(75-27-12-10-25-73(75)84)66-43-47-82-80(52-66)77-45-41-58-35-39-63(50-78(58)88(77)90-82)56-30-28-54(29-31-56)55-32-36-59(37-33-55)83-68-20-5-7-22-70(68)85(71-23-8-6-21-69(71)83)65-42-46-81-79(51-65)76-44-40-57-15-3-4-19-67(57)87(76)89-81/h1-52H. The molecule has 19 aromatic rings. The van der Waals surface area contributed by atoms with Gasteiger partial charge in [-0.15, -0.1) is 0 Å². The molecule has 0 radical (unpaired) electrons. The van der Waals surface area contributed by atoms with Gasteiger partial charge in [0.15, 0.2) is 0 Å². The van der Waals surface area contributed by atoms with Crippen molar-refractivity contribution >= 4 is 119 Å². The third kappa shape index (κ3) is 7.85. The van der Waals surface area contributed by atoms with E-state index in [-0.39, 0.29) is 0 Å². The van der Waals surface area contributed by atoms with E-state index in [4.69, 9.17) is 8.83 Å². The van der Waals surface area contributed by atoms with Crippen molar-refractivity contribution in [3.8, 4) is 77.9 Å². The Kier molecular flexibility index (Phi) is 11.1. The third-order valence-electron chi connectivity index (χ3n) is 19.2. The molecule has 0 bridgehead atoms. The van der Waals surface area contributed by atoms with E-state index in [1.54, 1.807) is 0 Å². The molecular weight excluding hydrogens is 1090 g/mol. The lowest BCUT2D eigenvalue weighted by molar-refractivity contribution is 0.672. The molecule has 2 aromatic heterocycles. The van der Waals surface area contributed by atoms with Crippen molar-refractivity contribution in [3.63, 3.8) is 0 Å². The maximum atomic E-state index is 6.89. The van der Waals surface area contributed by atoms with Crippen molar-refractivity contribution in [1.29, 1.82) is 0 Å². The molecule has 2 nitrogen and oxygen atoms in total. The Hall–Kier alpha value is -11.8. The zero-order valence-electron chi connectivity index (χ0n) is 48.8. The van der Waals surface area contributed by atoms with Gasteiger partial charge >= 0.3 is 0 Å². The van der Waals surface area contributed by atoms with E-state index in [1.807, 2.05) is 0 Å². The van der Waals surface area contributed by atoms with Crippen molar-refractivity contribution < 1.29 is 8.83 Å². The van der Waals surface area contributed by atoms with Crippen LogP contribution in [0, 0.1) is 0 Å². The second-order valence-electron chi connectivity index (χ2n) is 24.1. The average molecular weight is 1140 g/mol. The van der Waals surface area contributed by atoms with Crippen molar-refractivity contribution in [1.82, 2.24) is 0 Å². The summed E-state index contributed by atoms with van der Waals surface area (Å²) in [6.07, 6.45) is 0. The van der Waals surface area contributed by atoms with E-state index in [0.717, 1.165) is 76.7 Å². The summed E-state index contributed by atoms with van der Waals surface area (Å²) in [6.45, 7) is 0. The summed E-state index contributed by atoms with van der Waals surface area (Å²) in [5.41, 5.74) is 20.4. The lowest BCUT2D eigenvalue weighted by Gasteiger charge is -2.18. The topological polar surface area (TPSA) is 26.3 Å². The average Bonchev–Trinajstić information content (AvgIpc) is 1.06. The van der Waals surface area contributed by atoms with E-state index >= 15 is 0 Å². The fourth-order valence-corrected chi connectivity index (χ4v) is 15.0. The minimum Gasteiger partial charge on any atom is -0.455 e. The molecule has 0 fully saturated rings. The molecule has 0 aliphatic rings. The molecule has 17 aromatic carbocycles. The molecular formula is C88H52O2. The molecule has 90 heavy (non-hydrogen) atoms. The summed E-state index contributed by atoms with van der Waals surface area (Å²) in [5, 5.41) is 21.4. The first-order valence-electron chi connectivity index (χ1n) is 31.0. The molecule has 0 N–H and O–H groups in total. The monoisotopic (exact) mass is 1140 g/mol. The number of hydrogen-bond acceptors (Lipinski definition) is 2. The summed E-state index contributed by atoms with van der Waals surface area (Å²) in [6, 6.07) is 116. The molecule has 0 unspecified atom stereocenters. The van der Waals surface area contributed by atoms with E-state index in [9.17, 15) is 0 Å². The third-order valence-corrected chi connectivity index (χ3v) is 19.2. The molecule has 0 saturated heterocycles. The van der Waals surface area contributed by atoms with Crippen molar-refractivity contribution in [2.45, 2.75) is 0 Å². The minimum atomic E-state index is 0.878. The van der Waals surface area contributed by atoms with E-state index in [0.29, 0.717) is 0 Å².